The van der Waals surface area contributed by atoms with Gasteiger partial charge < -0.3 is 9.30 Å². The highest BCUT2D eigenvalue weighted by atomic mass is 32.2. The lowest BCUT2D eigenvalue weighted by atomic mass is 9.81. The van der Waals surface area contributed by atoms with E-state index in [9.17, 15) is 22.0 Å². The maximum Gasteiger partial charge on any atom is 0.325 e. The number of ether oxygens (including phenoxy) is 1. The third kappa shape index (κ3) is 4.79. The lowest BCUT2D eigenvalue weighted by Crippen LogP contribution is -2.37. The Balaban J connectivity index is 1.54. The number of esters is 1. The first-order valence-electron chi connectivity index (χ1n) is 10.8. The van der Waals surface area contributed by atoms with E-state index in [4.69, 9.17) is 4.74 Å². The second-order valence-electron chi connectivity index (χ2n) is 8.45. The smallest absolute Gasteiger partial charge is 0.325 e. The molecule has 1 aliphatic rings. The van der Waals surface area contributed by atoms with E-state index >= 15 is 0 Å². The molecule has 176 valence electrons. The highest BCUT2D eigenvalue weighted by Crippen LogP contribution is 2.40. The summed E-state index contributed by atoms with van der Waals surface area (Å²) in [7, 11) is -2.41. The highest BCUT2D eigenvalue weighted by molar-refractivity contribution is 7.89. The molecule has 9 heteroatoms. The second-order valence-corrected chi connectivity index (χ2v) is 10.2. The number of hydrogen-bond acceptors (Lipinski definition) is 4. The summed E-state index contributed by atoms with van der Waals surface area (Å²) in [5.41, 5.74) is 2.65. The van der Waals surface area contributed by atoms with Crippen LogP contribution in [0, 0.1) is 18.6 Å². The minimum absolute atomic E-state index is 0.0308. The van der Waals surface area contributed by atoms with Gasteiger partial charge in [0.15, 0.2) is 0 Å². The standard InChI is InChI=1S/C24H26F2N2O4S/c1-15-24(21-13-18(26)7-12-22(21)28(15)14-23(29)32-2)16-3-8-19(9-4-16)27-33(30,31)20-10-5-17(25)6-11-20/h5-7,10-13,16,19,27H,3-4,8-9,14H2,1-2H3. The first-order chi connectivity index (χ1) is 15.7. The molecule has 1 aromatic heterocycles. The molecule has 0 bridgehead atoms. The van der Waals surface area contributed by atoms with Crippen LogP contribution in [0.1, 0.15) is 42.9 Å². The molecule has 0 unspecified atom stereocenters. The number of rotatable bonds is 6. The van der Waals surface area contributed by atoms with Gasteiger partial charge >= 0.3 is 5.97 Å². The summed E-state index contributed by atoms with van der Waals surface area (Å²) in [6.07, 6.45) is 2.66. The van der Waals surface area contributed by atoms with Crippen LogP contribution in [-0.4, -0.2) is 32.1 Å². The van der Waals surface area contributed by atoms with E-state index in [2.05, 4.69) is 4.72 Å². The van der Waals surface area contributed by atoms with Crippen molar-refractivity contribution in [2.24, 2.45) is 0 Å². The van der Waals surface area contributed by atoms with Crippen molar-refractivity contribution in [2.75, 3.05) is 7.11 Å². The van der Waals surface area contributed by atoms with Gasteiger partial charge in [0.05, 0.1) is 12.0 Å². The molecule has 1 aliphatic carbocycles. The van der Waals surface area contributed by atoms with Crippen molar-refractivity contribution >= 4 is 26.9 Å². The molecule has 0 saturated heterocycles. The number of hydrogen-bond donors (Lipinski definition) is 1. The molecular formula is C24H26F2N2O4S. The van der Waals surface area contributed by atoms with E-state index in [0.717, 1.165) is 34.3 Å². The predicted octanol–water partition coefficient (Wildman–Crippen LogP) is 4.41. The van der Waals surface area contributed by atoms with Gasteiger partial charge in [0.2, 0.25) is 10.0 Å². The van der Waals surface area contributed by atoms with Gasteiger partial charge in [-0.05, 0) is 86.6 Å². The lowest BCUT2D eigenvalue weighted by Gasteiger charge is -2.29. The molecule has 1 fully saturated rings. The summed E-state index contributed by atoms with van der Waals surface area (Å²) in [4.78, 5) is 12.0. The second kappa shape index (κ2) is 9.23. The van der Waals surface area contributed by atoms with Crippen LogP contribution in [0.15, 0.2) is 47.4 Å². The number of aromatic nitrogens is 1. The third-order valence-electron chi connectivity index (χ3n) is 6.43. The van der Waals surface area contributed by atoms with E-state index in [1.165, 1.54) is 31.4 Å². The number of carbonyl (C=O) groups excluding carboxylic acids is 1. The Morgan fingerprint density at radius 2 is 1.70 bits per heavy atom. The monoisotopic (exact) mass is 476 g/mol. The van der Waals surface area contributed by atoms with Crippen molar-refractivity contribution < 1.29 is 26.7 Å². The summed E-state index contributed by atoms with van der Waals surface area (Å²) in [5, 5.41) is 0.770. The average Bonchev–Trinajstić information content (AvgIpc) is 3.04. The predicted molar refractivity (Wildman–Crippen MR) is 120 cm³/mol. The molecule has 1 heterocycles. The summed E-state index contributed by atoms with van der Waals surface area (Å²) in [5.74, 6) is -1.11. The van der Waals surface area contributed by atoms with E-state index in [1.807, 2.05) is 11.5 Å². The van der Waals surface area contributed by atoms with Gasteiger partial charge in [0.1, 0.15) is 18.2 Å². The molecule has 0 spiro atoms. The first kappa shape index (κ1) is 23.4. The Hall–Kier alpha value is -2.78. The first-order valence-corrected chi connectivity index (χ1v) is 12.3. The van der Waals surface area contributed by atoms with Gasteiger partial charge in [-0.15, -0.1) is 0 Å². The fourth-order valence-electron chi connectivity index (χ4n) is 4.79. The van der Waals surface area contributed by atoms with E-state index < -0.39 is 15.8 Å². The van der Waals surface area contributed by atoms with Crippen molar-refractivity contribution in [3.8, 4) is 0 Å². The normalized spacial score (nSPS) is 19.0. The van der Waals surface area contributed by atoms with Gasteiger partial charge in [-0.1, -0.05) is 0 Å². The largest absolute Gasteiger partial charge is 0.468 e. The van der Waals surface area contributed by atoms with Crippen LogP contribution in [0.3, 0.4) is 0 Å². The van der Waals surface area contributed by atoms with Gasteiger partial charge in [-0.3, -0.25) is 4.79 Å². The molecule has 1 saturated carbocycles. The van der Waals surface area contributed by atoms with E-state index in [-0.39, 0.29) is 35.2 Å². The summed E-state index contributed by atoms with van der Waals surface area (Å²) in [6, 6.07) is 9.04. The summed E-state index contributed by atoms with van der Waals surface area (Å²) >= 11 is 0. The molecule has 4 rings (SSSR count). The molecule has 0 aliphatic heterocycles. The van der Waals surface area contributed by atoms with Gasteiger partial charge in [-0.25, -0.2) is 21.9 Å². The molecule has 1 N–H and O–H groups in total. The van der Waals surface area contributed by atoms with Crippen molar-refractivity contribution in [2.45, 2.75) is 56.0 Å². The van der Waals surface area contributed by atoms with E-state index in [1.54, 1.807) is 6.07 Å². The quantitative estimate of drug-likeness (QED) is 0.535. The Bertz CT molecular complexity index is 1280. The van der Waals surface area contributed by atoms with Crippen LogP contribution in [-0.2, 0) is 26.1 Å². The number of sulfonamides is 1. The van der Waals surface area contributed by atoms with Crippen molar-refractivity contribution in [3.63, 3.8) is 0 Å². The number of carbonyl (C=O) groups is 1. The molecule has 2 aromatic carbocycles. The topological polar surface area (TPSA) is 77.4 Å². The van der Waals surface area contributed by atoms with Crippen LogP contribution in [0.5, 0.6) is 0 Å². The van der Waals surface area contributed by atoms with E-state index in [0.29, 0.717) is 25.7 Å². The third-order valence-corrected chi connectivity index (χ3v) is 7.97. The number of methoxy groups -OCH3 is 1. The molecule has 6 nitrogen and oxygen atoms in total. The molecule has 0 amide bonds. The zero-order valence-corrected chi connectivity index (χ0v) is 19.3. The molecule has 0 atom stereocenters. The minimum Gasteiger partial charge on any atom is -0.468 e. The zero-order chi connectivity index (χ0) is 23.8. The van der Waals surface area contributed by atoms with Crippen LogP contribution in [0.2, 0.25) is 0 Å². The van der Waals surface area contributed by atoms with Crippen LogP contribution in [0.25, 0.3) is 10.9 Å². The number of nitrogens with one attached hydrogen (secondary N) is 1. The number of fused-ring (bicyclic) bond motifs is 1. The Morgan fingerprint density at radius 1 is 1.06 bits per heavy atom. The lowest BCUT2D eigenvalue weighted by molar-refractivity contribution is -0.141. The van der Waals surface area contributed by atoms with Gasteiger partial charge in [0, 0.05) is 22.6 Å². The highest BCUT2D eigenvalue weighted by Gasteiger charge is 2.30. The molecule has 0 radical (unpaired) electrons. The maximum atomic E-state index is 14.1. The Kier molecular flexibility index (Phi) is 6.54. The summed E-state index contributed by atoms with van der Waals surface area (Å²) < 4.78 is 61.9. The zero-order valence-electron chi connectivity index (χ0n) is 18.5. The van der Waals surface area contributed by atoms with Crippen molar-refractivity contribution in [3.05, 3.63) is 65.4 Å². The SMILES string of the molecule is COC(=O)Cn1c(C)c(C2CCC(NS(=O)(=O)c3ccc(F)cc3)CC2)c2cc(F)ccc21. The molecule has 3 aromatic rings. The average molecular weight is 477 g/mol. The maximum absolute atomic E-state index is 14.1. The van der Waals surface area contributed by atoms with Crippen LogP contribution in [0.4, 0.5) is 8.78 Å². The molecule has 33 heavy (non-hydrogen) atoms. The summed E-state index contributed by atoms with van der Waals surface area (Å²) in [6.45, 7) is 1.96. The van der Waals surface area contributed by atoms with Gasteiger partial charge in [0.25, 0.3) is 0 Å². The van der Waals surface area contributed by atoms with Crippen LogP contribution >= 0.6 is 0 Å². The Labute approximate surface area is 191 Å². The molecular weight excluding hydrogens is 450 g/mol. The van der Waals surface area contributed by atoms with Crippen molar-refractivity contribution in [1.82, 2.24) is 9.29 Å². The fraction of sp³-hybridized carbons (Fsp3) is 0.375. The van der Waals surface area contributed by atoms with Crippen molar-refractivity contribution in [1.29, 1.82) is 0 Å². The van der Waals surface area contributed by atoms with Crippen LogP contribution < -0.4 is 4.72 Å². The fourth-order valence-corrected chi connectivity index (χ4v) is 6.10. The number of benzene rings is 2. The van der Waals surface area contributed by atoms with Gasteiger partial charge in [-0.2, -0.15) is 0 Å². The minimum atomic E-state index is -3.74. The number of nitrogens with zero attached hydrogens (tertiary/aromatic N) is 1. The number of halogens is 2. The Morgan fingerprint density at radius 3 is 2.33 bits per heavy atom.